The Balaban J connectivity index is 1.97. The fourth-order valence-electron chi connectivity index (χ4n) is 2.59. The van der Waals surface area contributed by atoms with Gasteiger partial charge in [0.2, 0.25) is 5.91 Å². The number of piperazine rings is 1. The maximum Gasteiger partial charge on any atom is 0.219 e. The molecule has 0 aliphatic carbocycles. The van der Waals surface area contributed by atoms with E-state index in [4.69, 9.17) is 4.74 Å². The molecule has 5 heteroatoms. The van der Waals surface area contributed by atoms with E-state index in [-0.39, 0.29) is 17.7 Å². The highest BCUT2D eigenvalue weighted by molar-refractivity contribution is 5.99. The second-order valence-corrected chi connectivity index (χ2v) is 5.31. The molecule has 0 saturated carbocycles. The number of Topliss-reactive ketones (excluding diaryl/α,β-unsaturated/α-hetero) is 1. The van der Waals surface area contributed by atoms with Crippen molar-refractivity contribution in [2.75, 3.05) is 33.3 Å². The smallest absolute Gasteiger partial charge is 0.219 e. The average Bonchev–Trinajstić information content (AvgIpc) is 2.53. The first-order chi connectivity index (χ1) is 10.0. The average molecular weight is 290 g/mol. The highest BCUT2D eigenvalue weighted by Gasteiger charge is 2.26. The molecular weight excluding hydrogens is 268 g/mol. The van der Waals surface area contributed by atoms with Crippen molar-refractivity contribution in [2.45, 2.75) is 19.9 Å². The minimum atomic E-state index is -0.174. The van der Waals surface area contributed by atoms with Gasteiger partial charge < -0.3 is 9.64 Å². The lowest BCUT2D eigenvalue weighted by Gasteiger charge is -2.37. The number of hydrogen-bond donors (Lipinski definition) is 0. The molecular formula is C16H22N2O3. The van der Waals surface area contributed by atoms with Gasteiger partial charge in [0.15, 0.2) is 5.78 Å². The van der Waals surface area contributed by atoms with Gasteiger partial charge in [-0.15, -0.1) is 0 Å². The molecule has 1 heterocycles. The van der Waals surface area contributed by atoms with Gasteiger partial charge in [0, 0.05) is 38.7 Å². The number of rotatable bonds is 4. The summed E-state index contributed by atoms with van der Waals surface area (Å²) in [5, 5.41) is 0. The van der Waals surface area contributed by atoms with Gasteiger partial charge >= 0.3 is 0 Å². The molecule has 114 valence electrons. The van der Waals surface area contributed by atoms with Crippen LogP contribution in [0, 0.1) is 0 Å². The topological polar surface area (TPSA) is 49.9 Å². The summed E-state index contributed by atoms with van der Waals surface area (Å²) < 4.78 is 5.10. The molecule has 1 aliphatic rings. The quantitative estimate of drug-likeness (QED) is 0.787. The Hall–Kier alpha value is -1.88. The van der Waals surface area contributed by atoms with Crippen LogP contribution in [0.2, 0.25) is 0 Å². The van der Waals surface area contributed by atoms with Gasteiger partial charge in [-0.1, -0.05) is 0 Å². The van der Waals surface area contributed by atoms with Crippen LogP contribution in [0.3, 0.4) is 0 Å². The molecule has 1 atom stereocenters. The zero-order valence-corrected chi connectivity index (χ0v) is 12.8. The van der Waals surface area contributed by atoms with E-state index in [9.17, 15) is 9.59 Å². The van der Waals surface area contributed by atoms with Crippen LogP contribution in [-0.4, -0.2) is 60.8 Å². The Morgan fingerprint density at radius 1 is 1.10 bits per heavy atom. The van der Waals surface area contributed by atoms with Crippen LogP contribution in [0.1, 0.15) is 24.2 Å². The summed E-state index contributed by atoms with van der Waals surface area (Å²) in [6.45, 7) is 6.37. The van der Waals surface area contributed by atoms with Crippen LogP contribution >= 0.6 is 0 Å². The predicted octanol–water partition coefficient (Wildman–Crippen LogP) is 1.43. The number of methoxy groups -OCH3 is 1. The van der Waals surface area contributed by atoms with Gasteiger partial charge in [0.1, 0.15) is 5.75 Å². The number of hydrogen-bond acceptors (Lipinski definition) is 4. The number of ether oxygens (including phenoxy) is 1. The highest BCUT2D eigenvalue weighted by Crippen LogP contribution is 2.16. The lowest BCUT2D eigenvalue weighted by molar-refractivity contribution is -0.130. The molecule has 1 unspecified atom stereocenters. The van der Waals surface area contributed by atoms with Crippen molar-refractivity contribution < 1.29 is 14.3 Å². The summed E-state index contributed by atoms with van der Waals surface area (Å²) in [6.07, 6.45) is 0. The van der Waals surface area contributed by atoms with Gasteiger partial charge in [-0.2, -0.15) is 0 Å². The molecule has 1 aromatic carbocycles. The Bertz CT molecular complexity index is 505. The standard InChI is InChI=1S/C16H22N2O3/c1-12(17-8-10-18(11-9-17)13(2)19)16(20)14-4-6-15(21-3)7-5-14/h4-7,12H,8-11H2,1-3H3. The van der Waals surface area contributed by atoms with Crippen molar-refractivity contribution in [3.63, 3.8) is 0 Å². The van der Waals surface area contributed by atoms with Gasteiger partial charge in [-0.05, 0) is 31.2 Å². The van der Waals surface area contributed by atoms with Crippen LogP contribution in [0.25, 0.3) is 0 Å². The largest absolute Gasteiger partial charge is 0.497 e. The van der Waals surface area contributed by atoms with E-state index in [1.165, 1.54) is 0 Å². The van der Waals surface area contributed by atoms with Crippen molar-refractivity contribution in [2.24, 2.45) is 0 Å². The third-order valence-corrected chi connectivity index (χ3v) is 4.06. The van der Waals surface area contributed by atoms with Crippen LogP contribution in [0.4, 0.5) is 0 Å². The summed E-state index contributed by atoms with van der Waals surface area (Å²) in [5.74, 6) is 0.951. The summed E-state index contributed by atoms with van der Waals surface area (Å²) in [5.41, 5.74) is 0.692. The minimum Gasteiger partial charge on any atom is -0.497 e. The fraction of sp³-hybridized carbons (Fsp3) is 0.500. The number of carbonyl (C=O) groups is 2. The molecule has 1 aromatic rings. The molecule has 1 amide bonds. The van der Waals surface area contributed by atoms with Crippen LogP contribution in [-0.2, 0) is 4.79 Å². The van der Waals surface area contributed by atoms with Crippen molar-refractivity contribution in [3.05, 3.63) is 29.8 Å². The van der Waals surface area contributed by atoms with E-state index in [0.29, 0.717) is 18.7 Å². The molecule has 21 heavy (non-hydrogen) atoms. The van der Waals surface area contributed by atoms with Gasteiger partial charge in [-0.25, -0.2) is 0 Å². The van der Waals surface area contributed by atoms with E-state index in [2.05, 4.69) is 4.90 Å². The molecule has 0 N–H and O–H groups in total. The van der Waals surface area contributed by atoms with Gasteiger partial charge in [0.05, 0.1) is 13.2 Å². The second kappa shape index (κ2) is 6.72. The first kappa shape index (κ1) is 15.5. The third-order valence-electron chi connectivity index (χ3n) is 4.06. The molecule has 0 aromatic heterocycles. The second-order valence-electron chi connectivity index (χ2n) is 5.31. The lowest BCUT2D eigenvalue weighted by atomic mass is 10.0. The zero-order chi connectivity index (χ0) is 15.4. The number of ketones is 1. The number of carbonyl (C=O) groups excluding carboxylic acids is 2. The van der Waals surface area contributed by atoms with Crippen molar-refractivity contribution >= 4 is 11.7 Å². The zero-order valence-electron chi connectivity index (χ0n) is 12.8. The van der Waals surface area contributed by atoms with Crippen LogP contribution < -0.4 is 4.74 Å². The summed E-state index contributed by atoms with van der Waals surface area (Å²) in [4.78, 5) is 27.8. The fourth-order valence-corrected chi connectivity index (χ4v) is 2.59. The first-order valence-corrected chi connectivity index (χ1v) is 7.20. The Morgan fingerprint density at radius 2 is 1.67 bits per heavy atom. The lowest BCUT2D eigenvalue weighted by Crippen LogP contribution is -2.52. The van der Waals surface area contributed by atoms with Crippen LogP contribution in [0.5, 0.6) is 5.75 Å². The molecule has 0 spiro atoms. The van der Waals surface area contributed by atoms with Gasteiger partial charge in [0.25, 0.3) is 0 Å². The maximum absolute atomic E-state index is 12.5. The molecule has 0 radical (unpaired) electrons. The molecule has 1 saturated heterocycles. The predicted molar refractivity (Wildman–Crippen MR) is 80.6 cm³/mol. The van der Waals surface area contributed by atoms with Crippen LogP contribution in [0.15, 0.2) is 24.3 Å². The van der Waals surface area contributed by atoms with E-state index in [1.807, 2.05) is 11.8 Å². The molecule has 5 nitrogen and oxygen atoms in total. The Morgan fingerprint density at radius 3 is 2.14 bits per heavy atom. The van der Waals surface area contributed by atoms with E-state index >= 15 is 0 Å². The normalized spacial score (nSPS) is 17.4. The number of amides is 1. The highest BCUT2D eigenvalue weighted by atomic mass is 16.5. The maximum atomic E-state index is 12.5. The first-order valence-electron chi connectivity index (χ1n) is 7.20. The molecule has 0 bridgehead atoms. The summed E-state index contributed by atoms with van der Waals surface area (Å²) in [6, 6.07) is 7.02. The van der Waals surface area contributed by atoms with E-state index < -0.39 is 0 Å². The van der Waals surface area contributed by atoms with Crippen molar-refractivity contribution in [1.82, 2.24) is 9.80 Å². The molecule has 1 fully saturated rings. The van der Waals surface area contributed by atoms with Crippen molar-refractivity contribution in [3.8, 4) is 5.75 Å². The Kier molecular flexibility index (Phi) is 4.96. The minimum absolute atomic E-state index is 0.101. The SMILES string of the molecule is COc1ccc(C(=O)C(C)N2CCN(C(C)=O)CC2)cc1. The Labute approximate surface area is 125 Å². The van der Waals surface area contributed by atoms with E-state index in [1.54, 1.807) is 38.3 Å². The summed E-state index contributed by atoms with van der Waals surface area (Å²) >= 11 is 0. The summed E-state index contributed by atoms with van der Waals surface area (Å²) in [7, 11) is 1.61. The van der Waals surface area contributed by atoms with E-state index in [0.717, 1.165) is 18.8 Å². The third kappa shape index (κ3) is 3.61. The number of benzene rings is 1. The number of nitrogens with zero attached hydrogens (tertiary/aromatic N) is 2. The monoisotopic (exact) mass is 290 g/mol. The van der Waals surface area contributed by atoms with Crippen molar-refractivity contribution in [1.29, 1.82) is 0 Å². The van der Waals surface area contributed by atoms with Gasteiger partial charge in [-0.3, -0.25) is 14.5 Å². The molecule has 1 aliphatic heterocycles. The molecule has 2 rings (SSSR count).